The summed E-state index contributed by atoms with van der Waals surface area (Å²) in [5, 5.41) is 13.1. The topological polar surface area (TPSA) is 39.1 Å². The number of benzene rings is 1. The molecule has 0 spiro atoms. The van der Waals surface area contributed by atoms with Crippen LogP contribution in [0.1, 0.15) is 18.1 Å². The van der Waals surface area contributed by atoms with Crippen LogP contribution in [0.25, 0.3) is 0 Å². The van der Waals surface area contributed by atoms with E-state index in [9.17, 15) is 5.26 Å². The van der Waals surface area contributed by atoms with E-state index < -0.39 is 0 Å². The molecule has 0 saturated carbocycles. The minimum absolute atomic E-state index is 0.641. The van der Waals surface area contributed by atoms with E-state index in [0.717, 1.165) is 42.2 Å². The van der Waals surface area contributed by atoms with Gasteiger partial charge in [-0.15, -0.1) is 0 Å². The molecular formula is C14H19N3S. The molecule has 1 aliphatic heterocycles. The van der Waals surface area contributed by atoms with Crippen molar-refractivity contribution < 1.29 is 0 Å². The van der Waals surface area contributed by atoms with Gasteiger partial charge in [0.05, 0.1) is 11.3 Å². The Morgan fingerprint density at radius 1 is 1.56 bits per heavy atom. The summed E-state index contributed by atoms with van der Waals surface area (Å²) in [5.41, 5.74) is 3.04. The maximum Gasteiger partial charge on any atom is 0.101 e. The second-order valence-corrected chi connectivity index (χ2v) is 6.17. The van der Waals surface area contributed by atoms with Crippen LogP contribution in [0.4, 0.5) is 5.69 Å². The van der Waals surface area contributed by atoms with Crippen molar-refractivity contribution in [2.75, 3.05) is 30.8 Å². The number of rotatable bonds is 3. The Balaban J connectivity index is 2.24. The predicted octanol–water partition coefficient (Wildman–Crippen LogP) is 2.22. The highest BCUT2D eigenvalue weighted by atomic mass is 32.2. The smallest absolute Gasteiger partial charge is 0.101 e. The first kappa shape index (κ1) is 13.3. The third kappa shape index (κ3) is 2.98. The second kappa shape index (κ2) is 6.12. The molecule has 1 saturated heterocycles. The quantitative estimate of drug-likeness (QED) is 0.905. The molecule has 0 aromatic heterocycles. The average Bonchev–Trinajstić information content (AvgIpc) is 2.39. The van der Waals surface area contributed by atoms with Crippen molar-refractivity contribution in [2.24, 2.45) is 0 Å². The third-order valence-corrected chi connectivity index (χ3v) is 4.28. The largest absolute Gasteiger partial charge is 0.369 e. The number of anilines is 1. The molecule has 1 N–H and O–H groups in total. The van der Waals surface area contributed by atoms with E-state index in [1.54, 1.807) is 0 Å². The fourth-order valence-electron chi connectivity index (χ4n) is 2.30. The summed E-state index contributed by atoms with van der Waals surface area (Å²) < 4.78 is 0. The number of nitrogens with zero attached hydrogens (tertiary/aromatic N) is 2. The van der Waals surface area contributed by atoms with Crippen LogP contribution in [0, 0.1) is 11.3 Å². The van der Waals surface area contributed by atoms with E-state index in [1.165, 1.54) is 0 Å². The van der Waals surface area contributed by atoms with Crippen LogP contribution in [0.3, 0.4) is 0 Å². The minimum atomic E-state index is 0.641. The maximum atomic E-state index is 9.31. The molecule has 1 aromatic carbocycles. The highest BCUT2D eigenvalue weighted by Crippen LogP contribution is 2.27. The van der Waals surface area contributed by atoms with Crippen molar-refractivity contribution in [3.05, 3.63) is 29.3 Å². The Morgan fingerprint density at radius 3 is 3.06 bits per heavy atom. The Labute approximate surface area is 113 Å². The summed E-state index contributed by atoms with van der Waals surface area (Å²) >= 11 is 2.01. The predicted molar refractivity (Wildman–Crippen MR) is 78.1 cm³/mol. The van der Waals surface area contributed by atoms with Gasteiger partial charge in [-0.3, -0.25) is 0 Å². The molecule has 1 aliphatic rings. The van der Waals surface area contributed by atoms with Gasteiger partial charge in [0, 0.05) is 30.6 Å². The maximum absolute atomic E-state index is 9.31. The van der Waals surface area contributed by atoms with Crippen molar-refractivity contribution >= 4 is 17.4 Å². The fraction of sp³-hybridized carbons (Fsp3) is 0.500. The highest BCUT2D eigenvalue weighted by Gasteiger charge is 2.19. The van der Waals surface area contributed by atoms with Gasteiger partial charge in [0.25, 0.3) is 0 Å². The molecular weight excluding hydrogens is 242 g/mol. The zero-order valence-electron chi connectivity index (χ0n) is 10.9. The van der Waals surface area contributed by atoms with Gasteiger partial charge in [-0.25, -0.2) is 0 Å². The van der Waals surface area contributed by atoms with Crippen LogP contribution in [-0.2, 0) is 6.54 Å². The summed E-state index contributed by atoms with van der Waals surface area (Å²) in [6.45, 7) is 5.12. The van der Waals surface area contributed by atoms with Crippen LogP contribution >= 0.6 is 11.8 Å². The molecule has 1 heterocycles. The summed E-state index contributed by atoms with van der Waals surface area (Å²) in [7, 11) is 1.92. The summed E-state index contributed by atoms with van der Waals surface area (Å²) in [6, 6.07) is 8.53. The van der Waals surface area contributed by atoms with Crippen LogP contribution in [0.2, 0.25) is 0 Å². The van der Waals surface area contributed by atoms with E-state index in [2.05, 4.69) is 35.3 Å². The van der Waals surface area contributed by atoms with Crippen LogP contribution < -0.4 is 10.2 Å². The molecule has 4 heteroatoms. The summed E-state index contributed by atoms with van der Waals surface area (Å²) in [6.07, 6.45) is 0. The van der Waals surface area contributed by atoms with E-state index >= 15 is 0 Å². The van der Waals surface area contributed by atoms with Crippen molar-refractivity contribution in [3.63, 3.8) is 0 Å². The lowest BCUT2D eigenvalue weighted by Crippen LogP contribution is -2.37. The van der Waals surface area contributed by atoms with Crippen molar-refractivity contribution in [1.82, 2.24) is 5.32 Å². The number of hydrogen-bond donors (Lipinski definition) is 1. The number of nitrogens with one attached hydrogen (secondary N) is 1. The average molecular weight is 261 g/mol. The van der Waals surface area contributed by atoms with Gasteiger partial charge in [0.2, 0.25) is 0 Å². The van der Waals surface area contributed by atoms with E-state index in [4.69, 9.17) is 0 Å². The molecule has 1 fully saturated rings. The lowest BCUT2D eigenvalue weighted by molar-refractivity contribution is 0.779. The molecule has 0 radical (unpaired) electrons. The Hall–Kier alpha value is -1.18. The Bertz CT molecular complexity index is 453. The first-order valence-electron chi connectivity index (χ1n) is 6.28. The molecule has 3 nitrogen and oxygen atoms in total. The Morgan fingerprint density at radius 2 is 2.39 bits per heavy atom. The second-order valence-electron chi connectivity index (χ2n) is 4.62. The molecule has 2 rings (SSSR count). The van der Waals surface area contributed by atoms with Crippen LogP contribution in [0.5, 0.6) is 0 Å². The first-order chi connectivity index (χ1) is 8.74. The minimum Gasteiger partial charge on any atom is -0.369 e. The Kier molecular flexibility index (Phi) is 4.51. The molecule has 0 aliphatic carbocycles. The normalized spacial score (nSPS) is 19.6. The molecule has 96 valence electrons. The number of hydrogen-bond acceptors (Lipinski definition) is 4. The van der Waals surface area contributed by atoms with Gasteiger partial charge in [0.15, 0.2) is 0 Å². The van der Waals surface area contributed by atoms with Gasteiger partial charge in [-0.05, 0) is 24.7 Å². The van der Waals surface area contributed by atoms with Gasteiger partial charge < -0.3 is 10.2 Å². The highest BCUT2D eigenvalue weighted by molar-refractivity contribution is 8.00. The van der Waals surface area contributed by atoms with Crippen LogP contribution in [-0.4, -0.2) is 31.1 Å². The zero-order chi connectivity index (χ0) is 13.0. The van der Waals surface area contributed by atoms with E-state index in [1.807, 2.05) is 24.9 Å². The standard InChI is InChI=1S/C14H19N3S/c1-11-10-17(5-6-18-11)14-4-3-12(9-16-2)7-13(14)8-15/h3-4,7,11,16H,5-6,9-10H2,1-2H3. The summed E-state index contributed by atoms with van der Waals surface area (Å²) in [5.74, 6) is 1.14. The molecule has 1 unspecified atom stereocenters. The monoisotopic (exact) mass is 261 g/mol. The SMILES string of the molecule is CNCc1ccc(N2CCSC(C)C2)c(C#N)c1. The lowest BCUT2D eigenvalue weighted by atomic mass is 10.1. The first-order valence-corrected chi connectivity index (χ1v) is 7.33. The molecule has 18 heavy (non-hydrogen) atoms. The molecule has 0 amide bonds. The van der Waals surface area contributed by atoms with Crippen molar-refractivity contribution in [2.45, 2.75) is 18.7 Å². The van der Waals surface area contributed by atoms with Crippen molar-refractivity contribution in [3.8, 4) is 6.07 Å². The van der Waals surface area contributed by atoms with Crippen LogP contribution in [0.15, 0.2) is 18.2 Å². The molecule has 1 aromatic rings. The lowest BCUT2D eigenvalue weighted by Gasteiger charge is -2.33. The van der Waals surface area contributed by atoms with Gasteiger partial charge in [0.1, 0.15) is 6.07 Å². The van der Waals surface area contributed by atoms with Crippen molar-refractivity contribution in [1.29, 1.82) is 5.26 Å². The van der Waals surface area contributed by atoms with Gasteiger partial charge in [-0.1, -0.05) is 13.0 Å². The summed E-state index contributed by atoms with van der Waals surface area (Å²) in [4.78, 5) is 2.34. The fourth-order valence-corrected chi connectivity index (χ4v) is 3.31. The zero-order valence-corrected chi connectivity index (χ0v) is 11.8. The van der Waals surface area contributed by atoms with Gasteiger partial charge in [-0.2, -0.15) is 17.0 Å². The van der Waals surface area contributed by atoms with E-state index in [-0.39, 0.29) is 0 Å². The molecule has 1 atom stereocenters. The molecule has 0 bridgehead atoms. The number of thioether (sulfide) groups is 1. The number of nitriles is 1. The van der Waals surface area contributed by atoms with Gasteiger partial charge >= 0.3 is 0 Å². The third-order valence-electron chi connectivity index (χ3n) is 3.14. The van der Waals surface area contributed by atoms with E-state index in [0.29, 0.717) is 5.25 Å².